The molecule has 1 fully saturated rings. The number of amides is 2. The Kier molecular flexibility index (Phi) is 7.22. The van der Waals surface area contributed by atoms with Gasteiger partial charge in [0, 0.05) is 42.8 Å². The van der Waals surface area contributed by atoms with E-state index < -0.39 is 0 Å². The van der Waals surface area contributed by atoms with Crippen molar-refractivity contribution in [1.29, 1.82) is 0 Å². The number of hydrogen-bond donors (Lipinski definition) is 1. The molecule has 0 spiro atoms. The smallest absolute Gasteiger partial charge is 0.251 e. The van der Waals surface area contributed by atoms with E-state index in [0.29, 0.717) is 38.3 Å². The molecule has 2 amide bonds. The van der Waals surface area contributed by atoms with Crippen molar-refractivity contribution >= 4 is 27.7 Å². The van der Waals surface area contributed by atoms with Crippen LogP contribution in [-0.4, -0.2) is 61.4 Å². The Hall–Kier alpha value is -2.45. The number of benzene rings is 2. The number of carbonyl (C=O) groups excluding carboxylic acids is 2. The molecule has 2 aromatic rings. The predicted molar refractivity (Wildman–Crippen MR) is 111 cm³/mol. The summed E-state index contributed by atoms with van der Waals surface area (Å²) in [5.74, 6) is -0.530. The summed E-state index contributed by atoms with van der Waals surface area (Å²) in [6.45, 7) is 3.12. The first kappa shape index (κ1) is 21.3. The van der Waals surface area contributed by atoms with Gasteiger partial charge < -0.3 is 15.0 Å². The lowest BCUT2D eigenvalue weighted by atomic mass is 10.1. The van der Waals surface area contributed by atoms with Crippen LogP contribution in [0.5, 0.6) is 5.75 Å². The topological polar surface area (TPSA) is 61.9 Å². The van der Waals surface area contributed by atoms with Crippen LogP contribution >= 0.6 is 15.9 Å². The van der Waals surface area contributed by atoms with E-state index in [9.17, 15) is 14.0 Å². The van der Waals surface area contributed by atoms with E-state index in [1.807, 2.05) is 12.1 Å². The molecular formula is C21H23BrFN3O3. The highest BCUT2D eigenvalue weighted by Gasteiger charge is 2.22. The lowest BCUT2D eigenvalue weighted by Gasteiger charge is -2.34. The van der Waals surface area contributed by atoms with Crippen LogP contribution in [0.4, 0.5) is 4.39 Å². The molecule has 1 aliphatic heterocycles. The molecule has 0 bridgehead atoms. The minimum Gasteiger partial charge on any atom is -0.494 e. The molecule has 1 N–H and O–H groups in total. The maximum Gasteiger partial charge on any atom is 0.251 e. The van der Waals surface area contributed by atoms with Crippen molar-refractivity contribution < 1.29 is 18.7 Å². The summed E-state index contributed by atoms with van der Waals surface area (Å²) in [5, 5.41) is 2.67. The first-order valence-electron chi connectivity index (χ1n) is 9.32. The van der Waals surface area contributed by atoms with Gasteiger partial charge in [0.2, 0.25) is 5.91 Å². The summed E-state index contributed by atoms with van der Waals surface area (Å²) >= 11 is 3.33. The van der Waals surface area contributed by atoms with Crippen molar-refractivity contribution in [3.8, 4) is 5.75 Å². The van der Waals surface area contributed by atoms with Crippen molar-refractivity contribution in [3.63, 3.8) is 0 Å². The van der Waals surface area contributed by atoms with Gasteiger partial charge in [-0.05, 0) is 35.9 Å². The zero-order chi connectivity index (χ0) is 20.8. The lowest BCUT2D eigenvalue weighted by molar-refractivity contribution is -0.131. The monoisotopic (exact) mass is 463 g/mol. The van der Waals surface area contributed by atoms with Gasteiger partial charge >= 0.3 is 0 Å². The number of ether oxygens (including phenoxy) is 1. The Balaban J connectivity index is 1.44. The molecule has 0 atom stereocenters. The van der Waals surface area contributed by atoms with Crippen LogP contribution in [-0.2, 0) is 11.3 Å². The molecule has 29 heavy (non-hydrogen) atoms. The van der Waals surface area contributed by atoms with Gasteiger partial charge in [0.1, 0.15) is 0 Å². The van der Waals surface area contributed by atoms with Crippen LogP contribution in [0.15, 0.2) is 46.9 Å². The largest absolute Gasteiger partial charge is 0.494 e. The van der Waals surface area contributed by atoms with Crippen LogP contribution in [0.25, 0.3) is 0 Å². The van der Waals surface area contributed by atoms with Crippen molar-refractivity contribution in [2.75, 3.05) is 39.8 Å². The van der Waals surface area contributed by atoms with Crippen molar-refractivity contribution in [1.82, 2.24) is 15.1 Å². The molecule has 2 aromatic carbocycles. The summed E-state index contributed by atoms with van der Waals surface area (Å²) in [5.41, 5.74) is 1.37. The number of methoxy groups -OCH3 is 1. The Morgan fingerprint density at radius 3 is 2.55 bits per heavy atom. The number of nitrogens with one attached hydrogen (secondary N) is 1. The van der Waals surface area contributed by atoms with Crippen molar-refractivity contribution in [3.05, 3.63) is 63.9 Å². The molecule has 1 saturated heterocycles. The second-order valence-corrected chi connectivity index (χ2v) is 7.73. The molecule has 8 heteroatoms. The summed E-state index contributed by atoms with van der Waals surface area (Å²) in [4.78, 5) is 28.5. The second-order valence-electron chi connectivity index (χ2n) is 6.82. The third-order valence-corrected chi connectivity index (χ3v) is 5.33. The van der Waals surface area contributed by atoms with E-state index in [1.165, 1.54) is 13.2 Å². The molecule has 6 nitrogen and oxygen atoms in total. The highest BCUT2D eigenvalue weighted by Crippen LogP contribution is 2.19. The molecule has 3 rings (SSSR count). The Morgan fingerprint density at radius 2 is 1.90 bits per heavy atom. The van der Waals surface area contributed by atoms with Gasteiger partial charge in [-0.2, -0.15) is 0 Å². The molecule has 0 radical (unpaired) electrons. The van der Waals surface area contributed by atoms with Gasteiger partial charge in [0.05, 0.1) is 13.7 Å². The highest BCUT2D eigenvalue weighted by molar-refractivity contribution is 9.10. The van der Waals surface area contributed by atoms with E-state index in [4.69, 9.17) is 4.74 Å². The van der Waals surface area contributed by atoms with Crippen molar-refractivity contribution in [2.45, 2.75) is 6.54 Å². The number of halogens is 2. The van der Waals surface area contributed by atoms with Crippen LogP contribution in [0.2, 0.25) is 0 Å². The molecule has 0 aromatic heterocycles. The van der Waals surface area contributed by atoms with Gasteiger partial charge in [-0.15, -0.1) is 0 Å². The SMILES string of the molecule is COc1ccc(CN2CCN(C(=O)CNC(=O)c3cccc(Br)c3)CC2)cc1F. The van der Waals surface area contributed by atoms with Gasteiger partial charge in [0.25, 0.3) is 5.91 Å². The van der Waals surface area contributed by atoms with Gasteiger partial charge in [-0.25, -0.2) is 4.39 Å². The third-order valence-electron chi connectivity index (χ3n) is 4.83. The minimum atomic E-state index is -0.375. The number of nitrogens with zero attached hydrogens (tertiary/aromatic N) is 2. The van der Waals surface area contributed by atoms with E-state index in [0.717, 1.165) is 10.0 Å². The normalized spacial score (nSPS) is 14.5. The average molecular weight is 464 g/mol. The highest BCUT2D eigenvalue weighted by atomic mass is 79.9. The molecular weight excluding hydrogens is 441 g/mol. The van der Waals surface area contributed by atoms with E-state index >= 15 is 0 Å². The molecule has 1 heterocycles. The standard InChI is InChI=1S/C21H23BrFN3O3/c1-29-19-6-5-15(11-18(19)23)14-25-7-9-26(10-8-25)20(27)13-24-21(28)16-3-2-4-17(22)12-16/h2-6,11-12H,7-10,13-14H2,1H3,(H,24,28). The average Bonchev–Trinajstić information content (AvgIpc) is 2.72. The predicted octanol–water partition coefficient (Wildman–Crippen LogP) is 2.67. The molecule has 0 saturated carbocycles. The van der Waals surface area contributed by atoms with Crippen LogP contribution in [0, 0.1) is 5.82 Å². The zero-order valence-corrected chi connectivity index (χ0v) is 17.7. The van der Waals surface area contributed by atoms with Gasteiger partial charge in [0.15, 0.2) is 11.6 Å². The first-order valence-corrected chi connectivity index (χ1v) is 10.1. The van der Waals surface area contributed by atoms with E-state index in [-0.39, 0.29) is 29.9 Å². The van der Waals surface area contributed by atoms with Crippen LogP contribution in [0.1, 0.15) is 15.9 Å². The Morgan fingerprint density at radius 1 is 1.14 bits per heavy atom. The zero-order valence-electron chi connectivity index (χ0n) is 16.2. The summed E-state index contributed by atoms with van der Waals surface area (Å²) in [6.07, 6.45) is 0. The molecule has 1 aliphatic rings. The maximum atomic E-state index is 13.8. The molecule has 0 unspecified atom stereocenters. The van der Waals surface area contributed by atoms with E-state index in [1.54, 1.807) is 29.2 Å². The number of hydrogen-bond acceptors (Lipinski definition) is 4. The van der Waals surface area contributed by atoms with E-state index in [2.05, 4.69) is 26.1 Å². The van der Waals surface area contributed by atoms with Crippen molar-refractivity contribution in [2.24, 2.45) is 0 Å². The fourth-order valence-corrected chi connectivity index (χ4v) is 3.62. The first-order chi connectivity index (χ1) is 14.0. The summed E-state index contributed by atoms with van der Waals surface area (Å²) in [6, 6.07) is 12.0. The second kappa shape index (κ2) is 9.84. The van der Waals surface area contributed by atoms with Gasteiger partial charge in [-0.3, -0.25) is 14.5 Å². The van der Waals surface area contributed by atoms with Crippen LogP contribution < -0.4 is 10.1 Å². The van der Waals surface area contributed by atoms with Gasteiger partial charge in [-0.1, -0.05) is 28.1 Å². The number of carbonyl (C=O) groups is 2. The number of piperazine rings is 1. The number of rotatable bonds is 6. The third kappa shape index (κ3) is 5.77. The summed E-state index contributed by atoms with van der Waals surface area (Å²) < 4.78 is 19.6. The minimum absolute atomic E-state index is 0.0327. The Bertz CT molecular complexity index is 885. The lowest BCUT2D eigenvalue weighted by Crippen LogP contribution is -2.50. The molecule has 154 valence electrons. The maximum absolute atomic E-state index is 13.8. The summed E-state index contributed by atoms with van der Waals surface area (Å²) in [7, 11) is 1.44. The Labute approximate surface area is 177 Å². The van der Waals surface area contributed by atoms with Crippen LogP contribution in [0.3, 0.4) is 0 Å². The fourth-order valence-electron chi connectivity index (χ4n) is 3.22. The quantitative estimate of drug-likeness (QED) is 0.715. The fraction of sp³-hybridized carbons (Fsp3) is 0.333. The molecule has 0 aliphatic carbocycles.